The number of hydrogen-bond acceptors (Lipinski definition) is 33. The molecule has 23 radical (unpaired) electrons. The molecule has 0 spiro atoms. The van der Waals surface area contributed by atoms with E-state index < -0.39 is 146 Å². The highest BCUT2D eigenvalue weighted by atomic mass is 79.9. The van der Waals surface area contributed by atoms with Crippen molar-refractivity contribution in [3.05, 3.63) is 163 Å². The first-order valence-electron chi connectivity index (χ1n) is 49.0. The molecule has 4 saturated heterocycles. The largest absolute Gasteiger partial charge is 0.502 e. The van der Waals surface area contributed by atoms with Crippen molar-refractivity contribution in [3.8, 4) is 0 Å². The summed E-state index contributed by atoms with van der Waals surface area (Å²) in [4.78, 5) is 119. The van der Waals surface area contributed by atoms with E-state index in [1.165, 1.54) is 80.0 Å². The quantitative estimate of drug-likeness (QED) is 0.00410. The maximum absolute atomic E-state index is 13.3. The Morgan fingerprint density at radius 2 is 0.839 bits per heavy atom. The van der Waals surface area contributed by atoms with Gasteiger partial charge in [0.25, 0.3) is 0 Å². The Morgan fingerprint density at radius 1 is 0.490 bits per heavy atom. The molecule has 12 rings (SSSR count). The van der Waals surface area contributed by atoms with E-state index in [1.807, 2.05) is 19.9 Å². The van der Waals surface area contributed by atoms with Crippen LogP contribution in [-0.2, 0) is 83.0 Å². The van der Waals surface area contributed by atoms with Crippen molar-refractivity contribution in [1.29, 1.82) is 0 Å². The molecule has 5 aliphatic heterocycles. The van der Waals surface area contributed by atoms with Gasteiger partial charge in [0.05, 0.1) is 136 Å². The fourth-order valence-corrected chi connectivity index (χ4v) is 17.0. The highest BCUT2D eigenvalue weighted by Crippen LogP contribution is 2.33. The number of rotatable bonds is 40. The van der Waals surface area contributed by atoms with Crippen LogP contribution in [0.4, 0.5) is 0 Å². The Bertz CT molecular complexity index is 5580. The number of Topliss-reactive ketones (excluding diaryl/α,β-unsaturated/α-hetero) is 1. The Morgan fingerprint density at radius 3 is 1.11 bits per heavy atom. The molecule has 62 heteroatoms. The number of aromatic nitrogens is 7. The van der Waals surface area contributed by atoms with E-state index in [-0.39, 0.29) is 152 Å². The standard InChI is InChI=1S/C25H35BN2O9.C25H33BrN2O7.C15H17BrN2O5.C13H14BrClN2O3.C5H8O.C4H11NO2.B21/c1-3-33-24(30)19-14-28(23-18(22(19)29)12-17(13-27-23)26(31)32)25(2,15-36-20-8-4-6-10-34-20)16-37-21-9-5-7-11-35-21;1-3-31-24(30)19-14-28(23-18(22(19)29)12-17(26)13-27-23)25(2,15-34-20-8-4-6-10-32-20)16-35-21-9-5-7-11-33-21;1-3-23-14(22)11-6-18(15(2,7-19)8-20)13-10(12(11)21)4-9(16)5-17-13;1-4-20-13(19)10(7-17(2)3)11(18)9-5-8(14)6-16-12(9)15;1-2-4-6-5-3-1;1-4(5,2-6)3-7;1-12-18(13(2)3)21(19(14(4)5)15(6)7)20(16(8)9)17(10)11/h12-14,20-21,31-32H,3-11,15-16H2,1-2H3;12-14,20-21H,3-11,15-16H2,1-2H3;4-6,19-20H,3,7-8H2,1-2H3;5-7H,4H2,1-3H3;2,4H,1,3,5H2;6-7H,2-3,5H2,1H3;/b;;;10-7-;;;. The number of aliphatic hydroxyl groups is 4. The van der Waals surface area contributed by atoms with Gasteiger partial charge in [0.15, 0.2) is 25.2 Å². The number of carbonyl (C=O) groups is 5. The number of allylic oxidation sites excluding steroid dienone is 1. The van der Waals surface area contributed by atoms with Crippen molar-refractivity contribution in [2.24, 2.45) is 5.73 Å². The number of pyridine rings is 7. The lowest BCUT2D eigenvalue weighted by molar-refractivity contribution is -0.202. The maximum atomic E-state index is 13.3. The molecular weight excluding hydrogens is 2120 g/mol. The Labute approximate surface area is 920 Å². The molecule has 0 aliphatic carbocycles. The van der Waals surface area contributed by atoms with Gasteiger partial charge in [0, 0.05) is 259 Å². The van der Waals surface area contributed by atoms with E-state index in [1.54, 1.807) is 94.3 Å². The van der Waals surface area contributed by atoms with E-state index >= 15 is 0 Å². The van der Waals surface area contributed by atoms with Crippen molar-refractivity contribution in [2.45, 2.75) is 193 Å². The number of carbonyl (C=O) groups excluding carboxylic acids is 5. The summed E-state index contributed by atoms with van der Waals surface area (Å²) in [6.45, 7) is 17.3. The molecule has 149 heavy (non-hydrogen) atoms. The van der Waals surface area contributed by atoms with Gasteiger partial charge < -0.3 is 116 Å². The fraction of sp³-hybridized carbons (Fsp3) is 0.563. The third-order valence-corrected chi connectivity index (χ3v) is 25.7. The number of nitrogens with two attached hydrogens (primary N) is 1. The molecule has 0 amide bonds. The minimum absolute atomic E-state index is 0.0255. The summed E-state index contributed by atoms with van der Waals surface area (Å²) in [5.41, 5.74) is 0.514. The Hall–Kier alpha value is -6.58. The van der Waals surface area contributed by atoms with Crippen LogP contribution in [0, 0.1) is 0 Å². The third-order valence-electron chi connectivity index (χ3n) is 24.1. The number of esters is 4. The molecule has 4 fully saturated rings. The first-order chi connectivity index (χ1) is 70.6. The zero-order chi connectivity index (χ0) is 111. The zero-order valence-electron chi connectivity index (χ0n) is 85.9. The summed E-state index contributed by atoms with van der Waals surface area (Å²) in [6.07, 6.45) is 20.7. The topological polar surface area (TPSA) is 474 Å². The zero-order valence-corrected chi connectivity index (χ0v) is 91.5. The van der Waals surface area contributed by atoms with E-state index in [4.69, 9.17) is 174 Å². The summed E-state index contributed by atoms with van der Waals surface area (Å²) in [6, 6.07) is 6.05. The predicted molar refractivity (Wildman–Crippen MR) is 606 cm³/mol. The lowest BCUT2D eigenvalue weighted by Crippen LogP contribution is -2.81. The van der Waals surface area contributed by atoms with E-state index in [9.17, 15) is 58.6 Å². The Balaban J connectivity index is 0.000000281. The van der Waals surface area contributed by atoms with Crippen molar-refractivity contribution in [1.82, 2.24) is 38.5 Å². The van der Waals surface area contributed by atoms with Crippen LogP contribution in [0.25, 0.3) is 33.1 Å². The summed E-state index contributed by atoms with van der Waals surface area (Å²) >= 11 is 15.8. The smallest absolute Gasteiger partial charge is 0.490 e. The van der Waals surface area contributed by atoms with Crippen LogP contribution < -0.4 is 27.5 Å². The molecule has 12 heterocycles. The second kappa shape index (κ2) is 65.4. The lowest BCUT2D eigenvalue weighted by Gasteiger charge is -2.43. The predicted octanol–water partition coefficient (Wildman–Crippen LogP) is 0.918. The number of fused-ring (bicyclic) bond motifs is 3. The van der Waals surface area contributed by atoms with Crippen LogP contribution >= 0.6 is 59.4 Å². The number of hydrogen-bond donors (Lipinski definition) is 7. The van der Waals surface area contributed by atoms with E-state index in [2.05, 4.69) is 67.7 Å². The number of ether oxygens (including phenoxy) is 13. The van der Waals surface area contributed by atoms with Gasteiger partial charge in [-0.1, -0.05) is 11.6 Å². The molecule has 7 aromatic rings. The average Bonchev–Trinajstić information content (AvgIpc) is 0.746. The Kier molecular flexibility index (Phi) is 57.6. The number of ketones is 1. The first-order valence-corrected chi connectivity index (χ1v) is 51.7. The first kappa shape index (κ1) is 131. The van der Waals surface area contributed by atoms with Gasteiger partial charge in [-0.25, -0.2) is 39.1 Å². The normalized spacial score (nSPS) is 16.7. The molecule has 36 nitrogen and oxygen atoms in total. The molecule has 0 bridgehead atoms. The van der Waals surface area contributed by atoms with Crippen LogP contribution in [0.15, 0.2) is 120 Å². The van der Waals surface area contributed by atoms with Crippen molar-refractivity contribution < 1.29 is 116 Å². The third kappa shape index (κ3) is 39.6. The van der Waals surface area contributed by atoms with Gasteiger partial charge in [-0.3, -0.25) is 19.2 Å². The van der Waals surface area contributed by atoms with Crippen LogP contribution in [0.1, 0.15) is 187 Å². The molecule has 0 aromatic carbocycles. The van der Waals surface area contributed by atoms with Crippen LogP contribution in [0.2, 0.25) is 5.15 Å². The second-order valence-electron chi connectivity index (χ2n) is 37.0. The highest BCUT2D eigenvalue weighted by molar-refractivity contribution is 9.11. The van der Waals surface area contributed by atoms with Gasteiger partial charge in [-0.15, -0.1) is 0 Å². The minimum Gasteiger partial charge on any atom is -0.502 e. The number of halogens is 4. The van der Waals surface area contributed by atoms with Gasteiger partial charge in [-0.05, 0) is 223 Å². The molecule has 7 aromatic heterocycles. The van der Waals surface area contributed by atoms with Gasteiger partial charge in [-0.2, -0.15) is 0 Å². The molecule has 5 aliphatic rings. The van der Waals surface area contributed by atoms with Crippen LogP contribution in [0.3, 0.4) is 0 Å². The van der Waals surface area contributed by atoms with Gasteiger partial charge in [0.2, 0.25) is 22.1 Å². The van der Waals surface area contributed by atoms with Gasteiger partial charge >= 0.3 is 31.0 Å². The molecule has 4 unspecified atom stereocenters. The second-order valence-corrected chi connectivity index (χ2v) is 40.1. The minimum atomic E-state index is -1.83. The van der Waals surface area contributed by atoms with Crippen LogP contribution in [0.5, 0.6) is 0 Å². The van der Waals surface area contributed by atoms with Crippen molar-refractivity contribution >= 4 is 284 Å². The number of aliphatic hydroxyl groups excluding tert-OH is 4. The monoisotopic (exact) mass is 2230 g/mol. The summed E-state index contributed by atoms with van der Waals surface area (Å²) in [5.74, 6) is -3.44. The maximum Gasteiger partial charge on any atom is 0.490 e. The molecule has 4 atom stereocenters. The molecular formula is C87H118B22Br3ClN9O27. The van der Waals surface area contributed by atoms with Crippen molar-refractivity contribution in [3.63, 3.8) is 0 Å². The number of nitrogens with zero attached hydrogens (tertiary/aromatic N) is 8. The fourth-order valence-electron chi connectivity index (χ4n) is 15.8. The summed E-state index contributed by atoms with van der Waals surface area (Å²) in [5, 5.41) is 55.8. The summed E-state index contributed by atoms with van der Waals surface area (Å²) < 4.78 is 79.5. The lowest BCUT2D eigenvalue weighted by atomic mass is 8.38. The van der Waals surface area contributed by atoms with Crippen molar-refractivity contribution in [2.75, 3.05) is 126 Å². The van der Waals surface area contributed by atoms with Crippen LogP contribution in [-0.4, -0.2) is 413 Å². The van der Waals surface area contributed by atoms with Gasteiger partial charge in [0.1, 0.15) is 44.4 Å². The highest BCUT2D eigenvalue weighted by Gasteiger charge is 2.46. The van der Waals surface area contributed by atoms with E-state index in [0.717, 1.165) is 83.7 Å². The van der Waals surface area contributed by atoms with E-state index in [0.29, 0.717) is 50.9 Å². The molecule has 0 saturated carbocycles. The average molecular weight is 2230 g/mol. The molecule has 8 N–H and O–H groups in total. The summed E-state index contributed by atoms with van der Waals surface area (Å²) in [7, 11) is 66.3. The SMILES string of the molecule is C1=COCCC1.CC(N)(CO)CO.CCOC(=O)/C(=C\N(C)C)C(=O)c1cc(Br)cnc1Cl.CCOC(=O)c1cn(C(C)(CO)CO)c2ncc(Br)cc2c1=O.CCOC(=O)c1cn(C(C)(COC2CCCCO2)COC2CCCCO2)c2ncc(B(O)O)cc2c1=O.CCOC(=O)c1cn(C(C)(COC2CCCCO2)COC2CCCCO2)c2ncc(Br)cc2c1=O.[B][B]B(B([B])[B])B(B(B([B])[B])B([B])[B])B(B([B])[B])B([B])[B]. The molecule has 767 valence electrons.